The molecule has 3 aromatic carbocycles. The maximum absolute atomic E-state index is 12.6. The van der Waals surface area contributed by atoms with Gasteiger partial charge in [-0.05, 0) is 23.6 Å². The largest absolute Gasteiger partial charge is 0.358 e. The molecule has 0 radical (unpaired) electrons. The fourth-order valence-corrected chi connectivity index (χ4v) is 5.77. The predicted octanol–water partition coefficient (Wildman–Crippen LogP) is 3.49. The first-order valence-corrected chi connectivity index (χ1v) is 14.7. The third kappa shape index (κ3) is 5.71. The highest BCUT2D eigenvalue weighted by Crippen LogP contribution is 2.42. The quantitative estimate of drug-likeness (QED) is 0.245. The molecule has 0 spiro atoms. The topological polar surface area (TPSA) is 117 Å². The van der Waals surface area contributed by atoms with Gasteiger partial charge in [-0.15, -0.1) is 0 Å². The van der Waals surface area contributed by atoms with Crippen LogP contribution in [0.2, 0.25) is 0 Å². The molecule has 9 nitrogen and oxygen atoms in total. The summed E-state index contributed by atoms with van der Waals surface area (Å²) in [6.45, 7) is 1.51. The lowest BCUT2D eigenvalue weighted by Gasteiger charge is -2.37. The number of H-pyrrole nitrogens is 1. The van der Waals surface area contributed by atoms with Gasteiger partial charge in [0.1, 0.15) is 24.0 Å². The zero-order valence-electron chi connectivity index (χ0n) is 22.1. The standard InChI is InChI=1S/C30H30N2O7S/c1-21-19-32(29(34)31-28(21)33)27-18-25(39-40(2,35)36)26(38-27)20-37-30(22-12-6-3-7-13-22,23-14-8-4-9-15-23)24-16-10-5-11-17-24/h3-17,19,25-27H,18,20H2,1-2H3,(H,31,33,34)/t25-,26+,27-/m1/s1. The van der Waals surface area contributed by atoms with Gasteiger partial charge in [0.05, 0.1) is 12.9 Å². The lowest BCUT2D eigenvalue weighted by molar-refractivity contribution is -0.0910. The average molecular weight is 563 g/mol. The first-order valence-electron chi connectivity index (χ1n) is 12.8. The first kappa shape index (κ1) is 27.7. The van der Waals surface area contributed by atoms with Gasteiger partial charge in [0, 0.05) is 18.2 Å². The average Bonchev–Trinajstić information content (AvgIpc) is 3.33. The van der Waals surface area contributed by atoms with Crippen molar-refractivity contribution in [2.45, 2.75) is 37.4 Å². The molecule has 0 aliphatic carbocycles. The highest BCUT2D eigenvalue weighted by molar-refractivity contribution is 7.86. The van der Waals surface area contributed by atoms with Crippen LogP contribution in [0.5, 0.6) is 0 Å². The van der Waals surface area contributed by atoms with Crippen molar-refractivity contribution in [2.75, 3.05) is 12.9 Å². The number of rotatable bonds is 9. The van der Waals surface area contributed by atoms with E-state index >= 15 is 0 Å². The summed E-state index contributed by atoms with van der Waals surface area (Å²) in [6.07, 6.45) is -0.232. The van der Waals surface area contributed by atoms with Crippen LogP contribution in [-0.4, -0.2) is 43.0 Å². The van der Waals surface area contributed by atoms with Gasteiger partial charge in [0.2, 0.25) is 0 Å². The molecule has 0 amide bonds. The van der Waals surface area contributed by atoms with Crippen LogP contribution in [-0.2, 0) is 29.4 Å². The van der Waals surface area contributed by atoms with Gasteiger partial charge >= 0.3 is 5.69 Å². The summed E-state index contributed by atoms with van der Waals surface area (Å²) in [4.78, 5) is 26.8. The summed E-state index contributed by atoms with van der Waals surface area (Å²) in [5.74, 6) is 0. The Balaban J connectivity index is 1.56. The minimum Gasteiger partial charge on any atom is -0.358 e. The van der Waals surface area contributed by atoms with Crippen molar-refractivity contribution < 1.29 is 22.1 Å². The molecular weight excluding hydrogens is 532 g/mol. The van der Waals surface area contributed by atoms with E-state index < -0.39 is 45.4 Å². The van der Waals surface area contributed by atoms with Gasteiger partial charge < -0.3 is 9.47 Å². The Labute approximate surface area is 232 Å². The van der Waals surface area contributed by atoms with Gasteiger partial charge in [-0.2, -0.15) is 8.42 Å². The molecule has 1 saturated heterocycles. The Morgan fingerprint density at radius 3 is 1.88 bits per heavy atom. The molecule has 4 aromatic rings. The second kappa shape index (κ2) is 11.3. The Hall–Kier alpha value is -3.83. The molecular formula is C30H30N2O7S. The van der Waals surface area contributed by atoms with Gasteiger partial charge in [0.15, 0.2) is 0 Å². The van der Waals surface area contributed by atoms with E-state index in [0.717, 1.165) is 22.9 Å². The molecule has 0 bridgehead atoms. The number of nitrogens with one attached hydrogen (secondary N) is 1. The van der Waals surface area contributed by atoms with Crippen LogP contribution in [0.1, 0.15) is 34.9 Å². The minimum atomic E-state index is -3.86. The third-order valence-electron chi connectivity index (χ3n) is 6.94. The van der Waals surface area contributed by atoms with E-state index in [0.29, 0.717) is 5.56 Å². The van der Waals surface area contributed by atoms with Gasteiger partial charge in [0.25, 0.3) is 15.7 Å². The summed E-state index contributed by atoms with van der Waals surface area (Å²) >= 11 is 0. The summed E-state index contributed by atoms with van der Waals surface area (Å²) < 4.78 is 44.0. The highest BCUT2D eigenvalue weighted by atomic mass is 32.2. The van der Waals surface area contributed by atoms with Gasteiger partial charge in [-0.25, -0.2) is 4.79 Å². The van der Waals surface area contributed by atoms with E-state index in [1.165, 1.54) is 10.8 Å². The molecule has 1 aliphatic rings. The highest BCUT2D eigenvalue weighted by Gasteiger charge is 2.44. The minimum absolute atomic E-state index is 0.0570. The fourth-order valence-electron chi connectivity index (χ4n) is 5.12. The van der Waals surface area contributed by atoms with Crippen molar-refractivity contribution in [2.24, 2.45) is 0 Å². The molecule has 1 aromatic heterocycles. The van der Waals surface area contributed by atoms with E-state index in [1.807, 2.05) is 91.0 Å². The zero-order chi connectivity index (χ0) is 28.3. The molecule has 1 fully saturated rings. The number of aromatic nitrogens is 2. The summed E-state index contributed by atoms with van der Waals surface area (Å²) in [5, 5.41) is 0. The SMILES string of the molecule is Cc1cn([C@H]2C[C@@H](OS(C)(=O)=O)[C@H](COC(c3ccccc3)(c3ccccc3)c3ccccc3)O2)c(=O)[nH]c1=O. The van der Waals surface area contributed by atoms with E-state index in [-0.39, 0.29) is 13.0 Å². The number of nitrogens with zero attached hydrogens (tertiary/aromatic N) is 1. The van der Waals surface area contributed by atoms with Crippen LogP contribution < -0.4 is 11.2 Å². The van der Waals surface area contributed by atoms with Crippen molar-refractivity contribution >= 4 is 10.1 Å². The smallest absolute Gasteiger partial charge is 0.330 e. The number of benzene rings is 3. The summed E-state index contributed by atoms with van der Waals surface area (Å²) in [6, 6.07) is 29.2. The van der Waals surface area contributed by atoms with Crippen LogP contribution in [0.25, 0.3) is 0 Å². The molecule has 40 heavy (non-hydrogen) atoms. The Kier molecular flexibility index (Phi) is 7.86. The Morgan fingerprint density at radius 2 is 1.40 bits per heavy atom. The molecule has 1 N–H and O–H groups in total. The molecule has 0 saturated carbocycles. The van der Waals surface area contributed by atoms with Crippen LogP contribution in [0.3, 0.4) is 0 Å². The molecule has 2 heterocycles. The van der Waals surface area contributed by atoms with Gasteiger partial charge in [-0.1, -0.05) is 91.0 Å². The Bertz CT molecular complexity index is 1570. The predicted molar refractivity (Wildman–Crippen MR) is 149 cm³/mol. The van der Waals surface area contributed by atoms with E-state index in [9.17, 15) is 18.0 Å². The number of hydrogen-bond acceptors (Lipinski definition) is 7. The molecule has 0 unspecified atom stereocenters. The van der Waals surface area contributed by atoms with Crippen LogP contribution in [0.15, 0.2) is 107 Å². The van der Waals surface area contributed by atoms with E-state index in [2.05, 4.69) is 4.98 Å². The number of aromatic amines is 1. The zero-order valence-corrected chi connectivity index (χ0v) is 22.9. The molecule has 10 heteroatoms. The normalized spacial score (nSPS) is 19.5. The monoisotopic (exact) mass is 562 g/mol. The molecule has 1 aliphatic heterocycles. The van der Waals surface area contributed by atoms with Gasteiger partial charge in [-0.3, -0.25) is 18.5 Å². The maximum atomic E-state index is 12.6. The van der Waals surface area contributed by atoms with Crippen molar-refractivity contribution in [3.8, 4) is 0 Å². The fraction of sp³-hybridized carbons (Fsp3) is 0.267. The number of hydrogen-bond donors (Lipinski definition) is 1. The van der Waals surface area contributed by atoms with Crippen molar-refractivity contribution in [3.05, 3.63) is 140 Å². The molecule has 5 rings (SSSR count). The van der Waals surface area contributed by atoms with Crippen molar-refractivity contribution in [3.63, 3.8) is 0 Å². The molecule has 208 valence electrons. The third-order valence-corrected chi connectivity index (χ3v) is 7.54. The van der Waals surface area contributed by atoms with Crippen molar-refractivity contribution in [1.29, 1.82) is 0 Å². The second-order valence-electron chi connectivity index (χ2n) is 9.77. The van der Waals surface area contributed by atoms with Crippen LogP contribution >= 0.6 is 0 Å². The first-order chi connectivity index (χ1) is 19.2. The molecule has 3 atom stereocenters. The van der Waals surface area contributed by atoms with E-state index in [1.54, 1.807) is 6.92 Å². The number of aryl methyl sites for hydroxylation is 1. The number of ether oxygens (including phenoxy) is 2. The lowest BCUT2D eigenvalue weighted by Crippen LogP contribution is -2.39. The van der Waals surface area contributed by atoms with E-state index in [4.69, 9.17) is 13.7 Å². The maximum Gasteiger partial charge on any atom is 0.330 e. The van der Waals surface area contributed by atoms with Crippen LogP contribution in [0, 0.1) is 6.92 Å². The summed E-state index contributed by atoms with van der Waals surface area (Å²) in [5.41, 5.74) is 0.709. The van der Waals surface area contributed by atoms with Crippen molar-refractivity contribution in [1.82, 2.24) is 9.55 Å². The summed E-state index contributed by atoms with van der Waals surface area (Å²) in [7, 11) is -3.86. The second-order valence-corrected chi connectivity index (χ2v) is 11.4. The Morgan fingerprint density at radius 1 is 0.900 bits per heavy atom. The lowest BCUT2D eigenvalue weighted by atomic mass is 9.80. The van der Waals surface area contributed by atoms with Crippen LogP contribution in [0.4, 0.5) is 0 Å².